The molecular formula is C14H20N2O4S. The van der Waals surface area contributed by atoms with Crippen molar-refractivity contribution in [2.24, 2.45) is 0 Å². The first-order valence-corrected chi connectivity index (χ1v) is 8.39. The molecule has 1 fully saturated rings. The van der Waals surface area contributed by atoms with Crippen molar-refractivity contribution in [1.29, 1.82) is 0 Å². The highest BCUT2D eigenvalue weighted by atomic mass is 32.2. The lowest BCUT2D eigenvalue weighted by Crippen LogP contribution is -2.48. The van der Waals surface area contributed by atoms with Crippen LogP contribution >= 0.6 is 0 Å². The average Bonchev–Trinajstić information content (AvgIpc) is 2.98. The number of carbonyl (C=O) groups excluding carboxylic acids is 1. The highest BCUT2D eigenvalue weighted by Gasteiger charge is 2.39. The van der Waals surface area contributed by atoms with Crippen LogP contribution in [0.4, 0.5) is 0 Å². The van der Waals surface area contributed by atoms with Crippen LogP contribution in [-0.2, 0) is 14.8 Å². The predicted octanol–water partition coefficient (Wildman–Crippen LogP) is 0.337. The van der Waals surface area contributed by atoms with Gasteiger partial charge in [-0.25, -0.2) is 8.42 Å². The molecule has 0 bridgehead atoms. The normalized spacial score (nSPS) is 21.1. The van der Waals surface area contributed by atoms with Gasteiger partial charge >= 0.3 is 0 Å². The van der Waals surface area contributed by atoms with E-state index in [1.165, 1.54) is 16.4 Å². The van der Waals surface area contributed by atoms with Crippen LogP contribution in [0.25, 0.3) is 0 Å². The number of benzene rings is 1. The molecule has 1 aliphatic rings. The van der Waals surface area contributed by atoms with Gasteiger partial charge in [0.2, 0.25) is 15.9 Å². The van der Waals surface area contributed by atoms with Crippen LogP contribution in [-0.4, -0.2) is 49.0 Å². The molecule has 0 aromatic heterocycles. The van der Waals surface area contributed by atoms with Crippen molar-refractivity contribution in [1.82, 2.24) is 9.62 Å². The molecule has 1 saturated heterocycles. The molecule has 21 heavy (non-hydrogen) atoms. The molecule has 2 rings (SSSR count). The molecule has 2 N–H and O–H groups in total. The molecule has 1 aromatic rings. The Balaban J connectivity index is 2.21. The van der Waals surface area contributed by atoms with E-state index in [0.717, 1.165) is 0 Å². The van der Waals surface area contributed by atoms with Gasteiger partial charge in [0, 0.05) is 12.6 Å². The maximum absolute atomic E-state index is 12.6. The number of amides is 1. The van der Waals surface area contributed by atoms with E-state index in [2.05, 4.69) is 5.32 Å². The maximum Gasteiger partial charge on any atom is 0.243 e. The lowest BCUT2D eigenvalue weighted by Gasteiger charge is -2.24. The molecule has 2 atom stereocenters. The van der Waals surface area contributed by atoms with Crippen LogP contribution in [0.1, 0.15) is 19.8 Å². The SMILES string of the molecule is CC(CO)NC(=O)C1CCCN1S(=O)(=O)c1ccccc1. The number of rotatable bonds is 5. The maximum atomic E-state index is 12.6. The molecule has 1 amide bonds. The smallest absolute Gasteiger partial charge is 0.243 e. The summed E-state index contributed by atoms with van der Waals surface area (Å²) in [6.45, 7) is 1.83. The van der Waals surface area contributed by atoms with E-state index in [1.807, 2.05) is 0 Å². The third-order valence-corrected chi connectivity index (χ3v) is 5.44. The summed E-state index contributed by atoms with van der Waals surface area (Å²) in [7, 11) is -3.67. The number of nitrogens with one attached hydrogen (secondary N) is 1. The summed E-state index contributed by atoms with van der Waals surface area (Å²) < 4.78 is 26.5. The molecule has 1 heterocycles. The van der Waals surface area contributed by atoms with E-state index in [-0.39, 0.29) is 23.5 Å². The molecule has 0 spiro atoms. The number of aliphatic hydroxyl groups excluding tert-OH is 1. The van der Waals surface area contributed by atoms with Crippen molar-refractivity contribution in [3.63, 3.8) is 0 Å². The number of aliphatic hydroxyl groups is 1. The lowest BCUT2D eigenvalue weighted by atomic mass is 10.2. The Hall–Kier alpha value is -1.44. The first-order valence-electron chi connectivity index (χ1n) is 6.95. The third-order valence-electron chi connectivity index (χ3n) is 3.52. The highest BCUT2D eigenvalue weighted by molar-refractivity contribution is 7.89. The highest BCUT2D eigenvalue weighted by Crippen LogP contribution is 2.26. The molecular weight excluding hydrogens is 292 g/mol. The summed E-state index contributed by atoms with van der Waals surface area (Å²) in [6, 6.07) is 7.02. The second kappa shape index (κ2) is 6.55. The minimum atomic E-state index is -3.67. The van der Waals surface area contributed by atoms with E-state index >= 15 is 0 Å². The summed E-state index contributed by atoms with van der Waals surface area (Å²) in [5.41, 5.74) is 0. The zero-order chi connectivity index (χ0) is 15.5. The largest absolute Gasteiger partial charge is 0.394 e. The van der Waals surface area contributed by atoms with Crippen LogP contribution in [0.15, 0.2) is 35.2 Å². The number of nitrogens with zero attached hydrogens (tertiary/aromatic N) is 1. The number of hydrogen-bond donors (Lipinski definition) is 2. The Morgan fingerprint density at radius 3 is 2.71 bits per heavy atom. The summed E-state index contributed by atoms with van der Waals surface area (Å²) in [5, 5.41) is 11.6. The van der Waals surface area contributed by atoms with E-state index < -0.39 is 16.1 Å². The first-order chi connectivity index (χ1) is 9.96. The van der Waals surface area contributed by atoms with Gasteiger partial charge in [0.05, 0.1) is 11.5 Å². The van der Waals surface area contributed by atoms with Gasteiger partial charge in [-0.2, -0.15) is 4.31 Å². The Bertz CT molecular complexity index is 588. The minimum Gasteiger partial charge on any atom is -0.394 e. The van der Waals surface area contributed by atoms with E-state index in [4.69, 9.17) is 5.11 Å². The molecule has 2 unspecified atom stereocenters. The summed E-state index contributed by atoms with van der Waals surface area (Å²) in [4.78, 5) is 12.4. The van der Waals surface area contributed by atoms with Crippen molar-refractivity contribution in [3.8, 4) is 0 Å². The second-order valence-electron chi connectivity index (χ2n) is 5.18. The van der Waals surface area contributed by atoms with Crippen LogP contribution in [0.2, 0.25) is 0 Å². The van der Waals surface area contributed by atoms with E-state index in [1.54, 1.807) is 25.1 Å². The van der Waals surface area contributed by atoms with Crippen LogP contribution in [0.5, 0.6) is 0 Å². The van der Waals surface area contributed by atoms with Crippen LogP contribution < -0.4 is 5.32 Å². The lowest BCUT2D eigenvalue weighted by molar-refractivity contribution is -0.125. The quantitative estimate of drug-likeness (QED) is 0.821. The van der Waals surface area contributed by atoms with Gasteiger partial charge in [-0.3, -0.25) is 4.79 Å². The minimum absolute atomic E-state index is 0.177. The molecule has 7 heteroatoms. The number of sulfonamides is 1. The van der Waals surface area contributed by atoms with E-state index in [9.17, 15) is 13.2 Å². The van der Waals surface area contributed by atoms with Gasteiger partial charge in [0.15, 0.2) is 0 Å². The first kappa shape index (κ1) is 15.9. The van der Waals surface area contributed by atoms with Crippen LogP contribution in [0, 0.1) is 0 Å². The molecule has 0 radical (unpaired) electrons. The zero-order valence-electron chi connectivity index (χ0n) is 11.9. The van der Waals surface area contributed by atoms with Gasteiger partial charge in [-0.15, -0.1) is 0 Å². The van der Waals surface area contributed by atoms with E-state index in [0.29, 0.717) is 19.4 Å². The third kappa shape index (κ3) is 3.42. The molecule has 116 valence electrons. The molecule has 0 aliphatic carbocycles. The molecule has 1 aliphatic heterocycles. The van der Waals surface area contributed by atoms with Crippen molar-refractivity contribution >= 4 is 15.9 Å². The Kier molecular flexibility index (Phi) is 4.97. The van der Waals surface area contributed by atoms with Gasteiger partial charge < -0.3 is 10.4 Å². The molecule has 0 saturated carbocycles. The van der Waals surface area contributed by atoms with Crippen molar-refractivity contribution < 1.29 is 18.3 Å². The van der Waals surface area contributed by atoms with Gasteiger partial charge in [0.25, 0.3) is 0 Å². The Labute approximate surface area is 124 Å². The Morgan fingerprint density at radius 2 is 2.10 bits per heavy atom. The fourth-order valence-corrected chi connectivity index (χ4v) is 4.08. The summed E-state index contributed by atoms with van der Waals surface area (Å²) >= 11 is 0. The van der Waals surface area contributed by atoms with Crippen molar-refractivity contribution in [2.75, 3.05) is 13.2 Å². The van der Waals surface area contributed by atoms with Gasteiger partial charge in [-0.05, 0) is 31.9 Å². The Morgan fingerprint density at radius 1 is 1.43 bits per heavy atom. The molecule has 1 aromatic carbocycles. The summed E-state index contributed by atoms with van der Waals surface area (Å²) in [6.07, 6.45) is 1.15. The number of carbonyl (C=O) groups is 1. The van der Waals surface area contributed by atoms with Crippen molar-refractivity contribution in [2.45, 2.75) is 36.7 Å². The monoisotopic (exact) mass is 312 g/mol. The van der Waals surface area contributed by atoms with Gasteiger partial charge in [0.1, 0.15) is 6.04 Å². The fourth-order valence-electron chi connectivity index (χ4n) is 2.40. The predicted molar refractivity (Wildman–Crippen MR) is 78.0 cm³/mol. The van der Waals surface area contributed by atoms with Crippen molar-refractivity contribution in [3.05, 3.63) is 30.3 Å². The van der Waals surface area contributed by atoms with Gasteiger partial charge in [-0.1, -0.05) is 18.2 Å². The summed E-state index contributed by atoms with van der Waals surface area (Å²) in [5.74, 6) is -0.353. The van der Waals surface area contributed by atoms with Crippen LogP contribution in [0.3, 0.4) is 0 Å². The fraction of sp³-hybridized carbons (Fsp3) is 0.500. The standard InChI is InChI=1S/C14H20N2O4S/c1-11(10-17)15-14(18)13-8-5-9-16(13)21(19,20)12-6-3-2-4-7-12/h2-4,6-7,11,13,17H,5,8-10H2,1H3,(H,15,18). The topological polar surface area (TPSA) is 86.7 Å². The molecule has 6 nitrogen and oxygen atoms in total. The number of hydrogen-bond acceptors (Lipinski definition) is 4. The second-order valence-corrected chi connectivity index (χ2v) is 7.07. The average molecular weight is 312 g/mol. The zero-order valence-corrected chi connectivity index (χ0v) is 12.7.